The number of nitrogens with one attached hydrogen (secondary N) is 1. The molecule has 1 unspecified atom stereocenters. The fourth-order valence-electron chi connectivity index (χ4n) is 2.28. The standard InChI is InChI=1S/C13H26N2O/c1-5-6-7-8-13(3,4)10-15-11(2)14-9-12(15)16/h11,14H,5-10H2,1-4H3. The van der Waals surface area contributed by atoms with Gasteiger partial charge in [-0.1, -0.05) is 40.0 Å². The molecule has 16 heavy (non-hydrogen) atoms. The highest BCUT2D eigenvalue weighted by atomic mass is 16.2. The minimum absolute atomic E-state index is 0.206. The first kappa shape index (κ1) is 13.5. The molecule has 0 bridgehead atoms. The largest absolute Gasteiger partial charge is 0.326 e. The summed E-state index contributed by atoms with van der Waals surface area (Å²) < 4.78 is 0. The SMILES string of the molecule is CCCCCC(C)(C)CN1C(=O)CNC1C. The van der Waals surface area contributed by atoms with Crippen LogP contribution in [0.3, 0.4) is 0 Å². The van der Waals surface area contributed by atoms with E-state index < -0.39 is 0 Å². The third-order valence-electron chi connectivity index (χ3n) is 3.39. The molecular formula is C13H26N2O. The van der Waals surface area contributed by atoms with Crippen LogP contribution >= 0.6 is 0 Å². The summed E-state index contributed by atoms with van der Waals surface area (Å²) in [6.07, 6.45) is 5.24. The molecule has 0 aliphatic carbocycles. The number of carbonyl (C=O) groups excluding carboxylic acids is 1. The van der Waals surface area contributed by atoms with E-state index in [9.17, 15) is 4.79 Å². The Morgan fingerprint density at radius 2 is 2.12 bits per heavy atom. The Hall–Kier alpha value is -0.570. The molecule has 0 aromatic heterocycles. The molecule has 1 saturated heterocycles. The molecule has 1 heterocycles. The predicted molar refractivity (Wildman–Crippen MR) is 67.1 cm³/mol. The van der Waals surface area contributed by atoms with E-state index >= 15 is 0 Å². The Labute approximate surface area is 99.6 Å². The van der Waals surface area contributed by atoms with Crippen molar-refractivity contribution < 1.29 is 4.79 Å². The maximum absolute atomic E-state index is 11.7. The van der Waals surface area contributed by atoms with Gasteiger partial charge in [0.1, 0.15) is 0 Å². The summed E-state index contributed by atoms with van der Waals surface area (Å²) in [6.45, 7) is 10.2. The van der Waals surface area contributed by atoms with Crippen molar-refractivity contribution in [2.75, 3.05) is 13.1 Å². The summed E-state index contributed by atoms with van der Waals surface area (Å²) in [5, 5.41) is 3.19. The van der Waals surface area contributed by atoms with Gasteiger partial charge < -0.3 is 4.90 Å². The van der Waals surface area contributed by atoms with Crippen LogP contribution in [0.4, 0.5) is 0 Å². The molecule has 1 aliphatic rings. The van der Waals surface area contributed by atoms with E-state index in [1.165, 1.54) is 25.7 Å². The topological polar surface area (TPSA) is 32.3 Å². The summed E-state index contributed by atoms with van der Waals surface area (Å²) >= 11 is 0. The molecule has 1 amide bonds. The lowest BCUT2D eigenvalue weighted by Gasteiger charge is -2.32. The van der Waals surface area contributed by atoms with Crippen LogP contribution in [0.1, 0.15) is 53.4 Å². The highest BCUT2D eigenvalue weighted by Crippen LogP contribution is 2.26. The molecule has 3 heteroatoms. The minimum atomic E-state index is 0.206. The lowest BCUT2D eigenvalue weighted by atomic mass is 9.86. The summed E-state index contributed by atoms with van der Waals surface area (Å²) in [5.74, 6) is 0.246. The van der Waals surface area contributed by atoms with Gasteiger partial charge in [-0.3, -0.25) is 10.1 Å². The summed E-state index contributed by atoms with van der Waals surface area (Å²) in [6, 6.07) is 0. The Kier molecular flexibility index (Phi) is 4.78. The van der Waals surface area contributed by atoms with Gasteiger partial charge >= 0.3 is 0 Å². The lowest BCUT2D eigenvalue weighted by Crippen LogP contribution is -2.41. The molecule has 0 aromatic carbocycles. The first-order valence-electron chi connectivity index (χ1n) is 6.49. The molecule has 1 N–H and O–H groups in total. The van der Waals surface area contributed by atoms with Gasteiger partial charge in [-0.05, 0) is 18.8 Å². The first-order chi connectivity index (χ1) is 7.46. The fourth-order valence-corrected chi connectivity index (χ4v) is 2.28. The average Bonchev–Trinajstić information content (AvgIpc) is 2.49. The normalized spacial score (nSPS) is 21.9. The number of carbonyl (C=O) groups is 1. The molecule has 0 spiro atoms. The number of hydrogen-bond acceptors (Lipinski definition) is 2. The molecule has 94 valence electrons. The second-order valence-corrected chi connectivity index (χ2v) is 5.70. The van der Waals surface area contributed by atoms with E-state index in [4.69, 9.17) is 0 Å². The van der Waals surface area contributed by atoms with E-state index in [2.05, 4.69) is 33.0 Å². The average molecular weight is 226 g/mol. The van der Waals surface area contributed by atoms with E-state index in [0.29, 0.717) is 6.54 Å². The van der Waals surface area contributed by atoms with Crippen LogP contribution in [0, 0.1) is 5.41 Å². The Morgan fingerprint density at radius 1 is 1.44 bits per heavy atom. The van der Waals surface area contributed by atoms with Crippen molar-refractivity contribution in [2.45, 2.75) is 59.5 Å². The predicted octanol–water partition coefficient (Wildman–Crippen LogP) is 2.37. The molecule has 1 aliphatic heterocycles. The van der Waals surface area contributed by atoms with Crippen LogP contribution in [-0.4, -0.2) is 30.1 Å². The number of amides is 1. The Morgan fingerprint density at radius 3 is 2.62 bits per heavy atom. The van der Waals surface area contributed by atoms with Gasteiger partial charge in [-0.25, -0.2) is 0 Å². The smallest absolute Gasteiger partial charge is 0.237 e. The van der Waals surface area contributed by atoms with Crippen LogP contribution in [-0.2, 0) is 4.79 Å². The monoisotopic (exact) mass is 226 g/mol. The first-order valence-corrected chi connectivity index (χ1v) is 6.49. The zero-order chi connectivity index (χ0) is 12.2. The van der Waals surface area contributed by atoms with Crippen molar-refractivity contribution >= 4 is 5.91 Å². The number of rotatable bonds is 6. The van der Waals surface area contributed by atoms with Gasteiger partial charge in [0, 0.05) is 6.54 Å². The maximum atomic E-state index is 11.7. The van der Waals surface area contributed by atoms with Gasteiger partial charge in [0.15, 0.2) is 0 Å². The summed E-state index contributed by atoms with van der Waals surface area (Å²) in [7, 11) is 0. The molecule has 1 rings (SSSR count). The van der Waals surface area contributed by atoms with Gasteiger partial charge in [-0.15, -0.1) is 0 Å². The van der Waals surface area contributed by atoms with E-state index in [1.807, 2.05) is 4.90 Å². The molecule has 0 aromatic rings. The lowest BCUT2D eigenvalue weighted by molar-refractivity contribution is -0.129. The highest BCUT2D eigenvalue weighted by molar-refractivity contribution is 5.80. The fraction of sp³-hybridized carbons (Fsp3) is 0.923. The number of hydrogen-bond donors (Lipinski definition) is 1. The van der Waals surface area contributed by atoms with Gasteiger partial charge in [0.05, 0.1) is 12.7 Å². The van der Waals surface area contributed by atoms with Crippen molar-refractivity contribution in [3.63, 3.8) is 0 Å². The van der Waals surface area contributed by atoms with E-state index in [0.717, 1.165) is 6.54 Å². The summed E-state index contributed by atoms with van der Waals surface area (Å²) in [5.41, 5.74) is 0.241. The van der Waals surface area contributed by atoms with Crippen LogP contribution in [0.2, 0.25) is 0 Å². The summed E-state index contributed by atoms with van der Waals surface area (Å²) in [4.78, 5) is 13.6. The van der Waals surface area contributed by atoms with Crippen molar-refractivity contribution in [3.8, 4) is 0 Å². The molecule has 0 saturated carbocycles. The molecule has 3 nitrogen and oxygen atoms in total. The van der Waals surface area contributed by atoms with Crippen molar-refractivity contribution in [1.29, 1.82) is 0 Å². The quantitative estimate of drug-likeness (QED) is 0.705. The molecular weight excluding hydrogens is 200 g/mol. The Balaban J connectivity index is 2.41. The van der Waals surface area contributed by atoms with Gasteiger partial charge in [0.25, 0.3) is 0 Å². The van der Waals surface area contributed by atoms with Crippen molar-refractivity contribution in [3.05, 3.63) is 0 Å². The van der Waals surface area contributed by atoms with E-state index in [-0.39, 0.29) is 17.5 Å². The third kappa shape index (κ3) is 3.78. The number of nitrogens with zero attached hydrogens (tertiary/aromatic N) is 1. The second kappa shape index (κ2) is 5.67. The highest BCUT2D eigenvalue weighted by Gasteiger charge is 2.31. The Bertz CT molecular complexity index is 238. The zero-order valence-electron chi connectivity index (χ0n) is 11.2. The van der Waals surface area contributed by atoms with Crippen LogP contribution < -0.4 is 5.32 Å². The molecule has 1 atom stereocenters. The van der Waals surface area contributed by atoms with Crippen LogP contribution in [0.5, 0.6) is 0 Å². The number of unbranched alkanes of at least 4 members (excludes halogenated alkanes) is 2. The van der Waals surface area contributed by atoms with Crippen LogP contribution in [0.25, 0.3) is 0 Å². The van der Waals surface area contributed by atoms with Crippen molar-refractivity contribution in [2.24, 2.45) is 5.41 Å². The maximum Gasteiger partial charge on any atom is 0.237 e. The minimum Gasteiger partial charge on any atom is -0.326 e. The van der Waals surface area contributed by atoms with Crippen LogP contribution in [0.15, 0.2) is 0 Å². The van der Waals surface area contributed by atoms with E-state index in [1.54, 1.807) is 0 Å². The molecule has 0 radical (unpaired) electrons. The van der Waals surface area contributed by atoms with Gasteiger partial charge in [-0.2, -0.15) is 0 Å². The van der Waals surface area contributed by atoms with Gasteiger partial charge in [0.2, 0.25) is 5.91 Å². The third-order valence-corrected chi connectivity index (χ3v) is 3.39. The zero-order valence-corrected chi connectivity index (χ0v) is 11.2. The second-order valence-electron chi connectivity index (χ2n) is 5.70. The van der Waals surface area contributed by atoms with Crippen molar-refractivity contribution in [1.82, 2.24) is 10.2 Å². The molecule has 1 fully saturated rings.